The highest BCUT2D eigenvalue weighted by molar-refractivity contribution is 5.93. The van der Waals surface area contributed by atoms with E-state index in [1.54, 1.807) is 0 Å². The molecule has 108 valence electrons. The van der Waals surface area contributed by atoms with E-state index in [1.807, 2.05) is 30.3 Å². The number of rotatable bonds is 2. The second-order valence-electron chi connectivity index (χ2n) is 5.88. The van der Waals surface area contributed by atoms with Gasteiger partial charge in [-0.15, -0.1) is 0 Å². The van der Waals surface area contributed by atoms with Crippen LogP contribution in [0.25, 0.3) is 10.8 Å². The molecule has 1 heterocycles. The molecule has 0 bridgehead atoms. The van der Waals surface area contributed by atoms with Gasteiger partial charge in [0.25, 0.3) is 0 Å². The lowest BCUT2D eigenvalue weighted by Crippen LogP contribution is -2.37. The summed E-state index contributed by atoms with van der Waals surface area (Å²) >= 11 is 0. The van der Waals surface area contributed by atoms with Crippen LogP contribution in [-0.2, 0) is 17.6 Å². The molecule has 1 aliphatic heterocycles. The normalized spacial score (nSPS) is 17.1. The van der Waals surface area contributed by atoms with Gasteiger partial charge in [-0.1, -0.05) is 60.7 Å². The summed E-state index contributed by atoms with van der Waals surface area (Å²) in [6, 6.07) is 22.7. The van der Waals surface area contributed by atoms with Crippen LogP contribution in [0, 0.1) is 0 Å². The van der Waals surface area contributed by atoms with Crippen molar-refractivity contribution in [1.82, 2.24) is 0 Å². The number of nitrogens with one attached hydrogen (secondary N) is 1. The Morgan fingerprint density at radius 2 is 1.68 bits per heavy atom. The second kappa shape index (κ2) is 5.30. The molecule has 0 aliphatic carbocycles. The molecule has 1 atom stereocenters. The van der Waals surface area contributed by atoms with E-state index >= 15 is 0 Å². The van der Waals surface area contributed by atoms with E-state index in [1.165, 1.54) is 16.3 Å². The van der Waals surface area contributed by atoms with Gasteiger partial charge in [-0.25, -0.2) is 0 Å². The third kappa shape index (κ3) is 2.37. The van der Waals surface area contributed by atoms with Crippen molar-refractivity contribution in [3.63, 3.8) is 0 Å². The van der Waals surface area contributed by atoms with Crippen molar-refractivity contribution in [2.75, 3.05) is 5.32 Å². The van der Waals surface area contributed by atoms with Crippen LogP contribution in [0.2, 0.25) is 0 Å². The predicted molar refractivity (Wildman–Crippen MR) is 90.2 cm³/mol. The summed E-state index contributed by atoms with van der Waals surface area (Å²) in [6.07, 6.45) is 1.26. The molecule has 0 saturated carbocycles. The van der Waals surface area contributed by atoms with Gasteiger partial charge < -0.3 is 5.32 Å². The standard InChI is InChI=1S/C20H17NO/c22-20-13-17-7-3-4-8-18(17)21-19(20)12-14-9-10-15-5-1-2-6-16(15)11-14/h1-11,19,21H,12-13H2/t19-/m1/s1. The van der Waals surface area contributed by atoms with Crippen molar-refractivity contribution in [3.05, 3.63) is 77.9 Å². The minimum absolute atomic E-state index is 0.129. The van der Waals surface area contributed by atoms with Gasteiger partial charge in [-0.3, -0.25) is 4.79 Å². The molecule has 0 aromatic heterocycles. The average molecular weight is 287 g/mol. The van der Waals surface area contributed by atoms with E-state index < -0.39 is 0 Å². The van der Waals surface area contributed by atoms with Crippen LogP contribution < -0.4 is 5.32 Å². The topological polar surface area (TPSA) is 29.1 Å². The minimum atomic E-state index is -0.129. The minimum Gasteiger partial charge on any atom is -0.375 e. The maximum Gasteiger partial charge on any atom is 0.159 e. The zero-order chi connectivity index (χ0) is 14.9. The van der Waals surface area contributed by atoms with Crippen molar-refractivity contribution >= 4 is 22.2 Å². The molecule has 22 heavy (non-hydrogen) atoms. The number of hydrogen-bond acceptors (Lipinski definition) is 2. The molecule has 1 N–H and O–H groups in total. The van der Waals surface area contributed by atoms with Crippen molar-refractivity contribution in [1.29, 1.82) is 0 Å². The Hall–Kier alpha value is -2.61. The Labute approximate surface area is 129 Å². The van der Waals surface area contributed by atoms with Crippen LogP contribution >= 0.6 is 0 Å². The molecule has 2 nitrogen and oxygen atoms in total. The van der Waals surface area contributed by atoms with Crippen LogP contribution in [-0.4, -0.2) is 11.8 Å². The second-order valence-corrected chi connectivity index (χ2v) is 5.88. The summed E-state index contributed by atoms with van der Waals surface area (Å²) in [6.45, 7) is 0. The third-order valence-electron chi connectivity index (χ3n) is 4.35. The van der Waals surface area contributed by atoms with Crippen LogP contribution in [0.4, 0.5) is 5.69 Å². The van der Waals surface area contributed by atoms with Crippen molar-refractivity contribution in [2.45, 2.75) is 18.9 Å². The Morgan fingerprint density at radius 3 is 2.59 bits per heavy atom. The number of carbonyl (C=O) groups is 1. The molecule has 2 heteroatoms. The molecule has 0 fully saturated rings. The fraction of sp³-hybridized carbons (Fsp3) is 0.150. The van der Waals surface area contributed by atoms with E-state index in [4.69, 9.17) is 0 Å². The highest BCUT2D eigenvalue weighted by Crippen LogP contribution is 2.25. The number of benzene rings is 3. The maximum absolute atomic E-state index is 12.4. The maximum atomic E-state index is 12.4. The first kappa shape index (κ1) is 13.1. The highest BCUT2D eigenvalue weighted by atomic mass is 16.1. The monoisotopic (exact) mass is 287 g/mol. The van der Waals surface area contributed by atoms with Gasteiger partial charge in [0.1, 0.15) is 0 Å². The number of ketones is 1. The van der Waals surface area contributed by atoms with E-state index in [9.17, 15) is 4.79 Å². The van der Waals surface area contributed by atoms with Gasteiger partial charge in [0.15, 0.2) is 5.78 Å². The van der Waals surface area contributed by atoms with Gasteiger partial charge in [0.05, 0.1) is 6.04 Å². The quantitative estimate of drug-likeness (QED) is 0.772. The first-order valence-corrected chi connectivity index (χ1v) is 7.64. The summed E-state index contributed by atoms with van der Waals surface area (Å²) in [7, 11) is 0. The summed E-state index contributed by atoms with van der Waals surface area (Å²) in [5.74, 6) is 0.270. The molecule has 3 aromatic rings. The lowest BCUT2D eigenvalue weighted by molar-refractivity contribution is -0.119. The van der Waals surface area contributed by atoms with E-state index in [0.29, 0.717) is 6.42 Å². The molecule has 0 amide bonds. The first-order valence-electron chi connectivity index (χ1n) is 7.64. The third-order valence-corrected chi connectivity index (χ3v) is 4.35. The van der Waals surface area contributed by atoms with Gasteiger partial charge in [-0.05, 0) is 34.4 Å². The van der Waals surface area contributed by atoms with Crippen LogP contribution in [0.5, 0.6) is 0 Å². The zero-order valence-corrected chi connectivity index (χ0v) is 12.3. The summed E-state index contributed by atoms with van der Waals surface area (Å²) in [4.78, 5) is 12.4. The van der Waals surface area contributed by atoms with E-state index in [-0.39, 0.29) is 11.8 Å². The summed E-state index contributed by atoms with van der Waals surface area (Å²) in [5.41, 5.74) is 3.39. The Morgan fingerprint density at radius 1 is 0.909 bits per heavy atom. The number of anilines is 1. The zero-order valence-electron chi connectivity index (χ0n) is 12.3. The fourth-order valence-electron chi connectivity index (χ4n) is 3.16. The van der Waals surface area contributed by atoms with Crippen LogP contribution in [0.3, 0.4) is 0 Å². The number of Topliss-reactive ketones (excluding diaryl/α,β-unsaturated/α-hetero) is 1. The number of fused-ring (bicyclic) bond motifs is 2. The largest absolute Gasteiger partial charge is 0.375 e. The summed E-state index contributed by atoms with van der Waals surface area (Å²) in [5, 5.41) is 5.86. The van der Waals surface area contributed by atoms with Crippen molar-refractivity contribution in [3.8, 4) is 0 Å². The lowest BCUT2D eigenvalue weighted by Gasteiger charge is -2.26. The number of carbonyl (C=O) groups excluding carboxylic acids is 1. The van der Waals surface area contributed by atoms with E-state index in [2.05, 4.69) is 41.7 Å². The number of para-hydroxylation sites is 1. The average Bonchev–Trinajstić information content (AvgIpc) is 2.55. The molecule has 0 unspecified atom stereocenters. The van der Waals surface area contributed by atoms with Gasteiger partial charge in [0, 0.05) is 12.1 Å². The highest BCUT2D eigenvalue weighted by Gasteiger charge is 2.25. The van der Waals surface area contributed by atoms with Crippen LogP contribution in [0.15, 0.2) is 66.7 Å². The summed E-state index contributed by atoms with van der Waals surface area (Å²) < 4.78 is 0. The molecular weight excluding hydrogens is 270 g/mol. The Bertz CT molecular complexity index is 853. The molecule has 0 radical (unpaired) electrons. The molecule has 3 aromatic carbocycles. The smallest absolute Gasteiger partial charge is 0.159 e. The molecule has 0 spiro atoms. The lowest BCUT2D eigenvalue weighted by atomic mass is 9.92. The van der Waals surface area contributed by atoms with Crippen molar-refractivity contribution in [2.24, 2.45) is 0 Å². The van der Waals surface area contributed by atoms with Gasteiger partial charge in [0.2, 0.25) is 0 Å². The Kier molecular flexibility index (Phi) is 3.15. The SMILES string of the molecule is O=C1Cc2ccccc2N[C@@H]1Cc1ccc2ccccc2c1. The molecular formula is C20H17NO. The first-order chi connectivity index (χ1) is 10.8. The molecule has 1 aliphatic rings. The van der Waals surface area contributed by atoms with Crippen molar-refractivity contribution < 1.29 is 4.79 Å². The van der Waals surface area contributed by atoms with Gasteiger partial charge >= 0.3 is 0 Å². The molecule has 4 rings (SSSR count). The molecule has 0 saturated heterocycles. The number of hydrogen-bond donors (Lipinski definition) is 1. The van der Waals surface area contributed by atoms with Gasteiger partial charge in [-0.2, -0.15) is 0 Å². The van der Waals surface area contributed by atoms with Crippen LogP contribution in [0.1, 0.15) is 11.1 Å². The Balaban J connectivity index is 1.61. The predicted octanol–water partition coefficient (Wildman–Crippen LogP) is 3.99. The van der Waals surface area contributed by atoms with E-state index in [0.717, 1.165) is 17.7 Å². The fourth-order valence-corrected chi connectivity index (χ4v) is 3.16.